The Morgan fingerprint density at radius 3 is 2.58 bits per heavy atom. The molecule has 2 rings (SSSR count). The lowest BCUT2D eigenvalue weighted by Gasteiger charge is -2.17. The number of hydrogen-bond acceptors (Lipinski definition) is 3. The van der Waals surface area contributed by atoms with Crippen molar-refractivity contribution in [1.29, 1.82) is 0 Å². The Hall–Kier alpha value is -2.11. The molecule has 2 aromatic rings. The molecule has 0 fully saturated rings. The number of carbonyl (C=O) groups is 2. The van der Waals surface area contributed by atoms with E-state index < -0.39 is 23.7 Å². The van der Waals surface area contributed by atoms with Crippen molar-refractivity contribution in [1.82, 2.24) is 5.32 Å². The molecule has 0 aromatic heterocycles. The highest BCUT2D eigenvalue weighted by molar-refractivity contribution is 6.35. The van der Waals surface area contributed by atoms with Crippen LogP contribution in [0.2, 0.25) is 10.0 Å². The van der Waals surface area contributed by atoms with Gasteiger partial charge in [-0.05, 0) is 35.9 Å². The summed E-state index contributed by atoms with van der Waals surface area (Å²) < 4.78 is 17.9. The number of hydrogen-bond donors (Lipinski definition) is 1. The first-order chi connectivity index (χ1) is 11.4. The van der Waals surface area contributed by atoms with Crippen molar-refractivity contribution < 1.29 is 18.7 Å². The number of benzene rings is 2. The number of esters is 1. The minimum Gasteiger partial charge on any atom is -0.467 e. The zero-order valence-electron chi connectivity index (χ0n) is 12.7. The van der Waals surface area contributed by atoms with E-state index in [9.17, 15) is 14.0 Å². The molecule has 1 atom stereocenters. The van der Waals surface area contributed by atoms with Gasteiger partial charge in [0.15, 0.2) is 0 Å². The van der Waals surface area contributed by atoms with Crippen LogP contribution in [-0.2, 0) is 16.0 Å². The van der Waals surface area contributed by atoms with E-state index in [1.807, 2.05) is 0 Å². The van der Waals surface area contributed by atoms with Crippen LogP contribution in [0.25, 0.3) is 0 Å². The van der Waals surface area contributed by atoms with Gasteiger partial charge >= 0.3 is 5.97 Å². The summed E-state index contributed by atoms with van der Waals surface area (Å²) in [6, 6.07) is 9.03. The van der Waals surface area contributed by atoms with Crippen LogP contribution in [0.4, 0.5) is 4.39 Å². The van der Waals surface area contributed by atoms with E-state index in [4.69, 9.17) is 27.9 Å². The zero-order valence-corrected chi connectivity index (χ0v) is 14.2. The number of nitrogens with one attached hydrogen (secondary N) is 1. The van der Waals surface area contributed by atoms with Gasteiger partial charge in [-0.3, -0.25) is 4.79 Å². The van der Waals surface area contributed by atoms with Crippen LogP contribution < -0.4 is 5.32 Å². The Kier molecular flexibility index (Phi) is 6.17. The summed E-state index contributed by atoms with van der Waals surface area (Å²) in [7, 11) is 1.22. The van der Waals surface area contributed by atoms with Crippen LogP contribution in [0, 0.1) is 5.82 Å². The van der Waals surface area contributed by atoms with Gasteiger partial charge in [-0.25, -0.2) is 9.18 Å². The summed E-state index contributed by atoms with van der Waals surface area (Å²) in [6.45, 7) is 0. The van der Waals surface area contributed by atoms with Gasteiger partial charge in [-0.2, -0.15) is 0 Å². The molecule has 0 saturated carbocycles. The van der Waals surface area contributed by atoms with E-state index in [-0.39, 0.29) is 12.0 Å². The van der Waals surface area contributed by atoms with Gasteiger partial charge in [0.25, 0.3) is 5.91 Å². The molecule has 1 amide bonds. The van der Waals surface area contributed by atoms with Crippen molar-refractivity contribution in [3.8, 4) is 0 Å². The summed E-state index contributed by atoms with van der Waals surface area (Å²) in [5, 5.41) is 3.36. The zero-order chi connectivity index (χ0) is 17.7. The Morgan fingerprint density at radius 1 is 1.21 bits per heavy atom. The summed E-state index contributed by atoms with van der Waals surface area (Å²) in [4.78, 5) is 24.2. The normalized spacial score (nSPS) is 11.7. The molecule has 1 N–H and O–H groups in total. The van der Waals surface area contributed by atoms with E-state index in [2.05, 4.69) is 5.32 Å². The lowest BCUT2D eigenvalue weighted by atomic mass is 10.1. The van der Waals surface area contributed by atoms with Crippen molar-refractivity contribution in [2.45, 2.75) is 12.5 Å². The second-order valence-electron chi connectivity index (χ2n) is 5.00. The second-order valence-corrected chi connectivity index (χ2v) is 5.84. The Balaban J connectivity index is 2.19. The molecule has 0 spiro atoms. The fourth-order valence-corrected chi connectivity index (χ4v) is 2.60. The van der Waals surface area contributed by atoms with E-state index in [0.717, 1.165) is 6.07 Å². The standard InChI is InChI=1S/C17H14Cl2FNO3/c1-24-17(23)15(8-10-5-6-12(18)9-14(10)19)21-16(22)11-3-2-4-13(20)7-11/h2-7,9,15H,8H2,1H3,(H,21,22)/t15-/m1/s1. The maximum atomic E-state index is 13.2. The van der Waals surface area contributed by atoms with Crippen molar-refractivity contribution in [3.05, 3.63) is 69.5 Å². The van der Waals surface area contributed by atoms with Gasteiger partial charge in [-0.1, -0.05) is 35.3 Å². The SMILES string of the molecule is COC(=O)[C@@H](Cc1ccc(Cl)cc1Cl)NC(=O)c1cccc(F)c1. The molecule has 7 heteroatoms. The summed E-state index contributed by atoms with van der Waals surface area (Å²) >= 11 is 11.9. The number of methoxy groups -OCH3 is 1. The van der Waals surface area contributed by atoms with Crippen molar-refractivity contribution >= 4 is 35.1 Å². The molecule has 24 heavy (non-hydrogen) atoms. The van der Waals surface area contributed by atoms with Crippen LogP contribution in [0.1, 0.15) is 15.9 Å². The molecular formula is C17H14Cl2FNO3. The Labute approximate surface area is 148 Å². The number of halogens is 3. The molecule has 4 nitrogen and oxygen atoms in total. The minimum absolute atomic E-state index is 0.103. The minimum atomic E-state index is -0.968. The molecule has 0 aliphatic rings. The van der Waals surface area contributed by atoms with Crippen molar-refractivity contribution in [2.75, 3.05) is 7.11 Å². The van der Waals surface area contributed by atoms with Crippen molar-refractivity contribution in [3.63, 3.8) is 0 Å². The molecule has 0 radical (unpaired) electrons. The maximum absolute atomic E-state index is 13.2. The monoisotopic (exact) mass is 369 g/mol. The van der Waals surface area contributed by atoms with Crippen LogP contribution in [-0.4, -0.2) is 25.0 Å². The lowest BCUT2D eigenvalue weighted by molar-refractivity contribution is -0.142. The average molecular weight is 370 g/mol. The highest BCUT2D eigenvalue weighted by Gasteiger charge is 2.23. The van der Waals surface area contributed by atoms with E-state index in [1.165, 1.54) is 25.3 Å². The lowest BCUT2D eigenvalue weighted by Crippen LogP contribution is -2.43. The Morgan fingerprint density at radius 2 is 1.96 bits per heavy atom. The number of ether oxygens (including phenoxy) is 1. The first kappa shape index (κ1) is 18.2. The average Bonchev–Trinajstić information content (AvgIpc) is 2.55. The fraction of sp³-hybridized carbons (Fsp3) is 0.176. The third-order valence-corrected chi connectivity index (χ3v) is 3.90. The maximum Gasteiger partial charge on any atom is 0.328 e. The third-order valence-electron chi connectivity index (χ3n) is 3.32. The number of rotatable bonds is 5. The van der Waals surface area contributed by atoms with E-state index in [0.29, 0.717) is 15.6 Å². The topological polar surface area (TPSA) is 55.4 Å². The molecule has 0 bridgehead atoms. The quantitative estimate of drug-likeness (QED) is 0.818. The van der Waals surface area contributed by atoms with Gasteiger partial charge in [0.1, 0.15) is 11.9 Å². The molecular weight excluding hydrogens is 356 g/mol. The van der Waals surface area contributed by atoms with E-state index in [1.54, 1.807) is 18.2 Å². The molecule has 0 unspecified atom stereocenters. The molecule has 0 aliphatic heterocycles. The largest absolute Gasteiger partial charge is 0.467 e. The molecule has 126 valence electrons. The molecule has 0 heterocycles. The van der Waals surface area contributed by atoms with Gasteiger partial charge in [-0.15, -0.1) is 0 Å². The Bertz CT molecular complexity index is 767. The number of carbonyl (C=O) groups excluding carboxylic acids is 2. The van der Waals surface area contributed by atoms with Gasteiger partial charge < -0.3 is 10.1 Å². The van der Waals surface area contributed by atoms with Gasteiger partial charge in [0.05, 0.1) is 7.11 Å². The van der Waals surface area contributed by atoms with Crippen LogP contribution in [0.5, 0.6) is 0 Å². The summed E-state index contributed by atoms with van der Waals surface area (Å²) in [5.41, 5.74) is 0.724. The van der Waals surface area contributed by atoms with Crippen LogP contribution in [0.3, 0.4) is 0 Å². The first-order valence-corrected chi connectivity index (χ1v) is 7.74. The fourth-order valence-electron chi connectivity index (χ4n) is 2.11. The van der Waals surface area contributed by atoms with Crippen LogP contribution in [0.15, 0.2) is 42.5 Å². The van der Waals surface area contributed by atoms with Crippen LogP contribution >= 0.6 is 23.2 Å². The third kappa shape index (κ3) is 4.69. The number of amides is 1. The highest BCUT2D eigenvalue weighted by atomic mass is 35.5. The van der Waals surface area contributed by atoms with E-state index >= 15 is 0 Å². The molecule has 2 aromatic carbocycles. The van der Waals surface area contributed by atoms with Gasteiger partial charge in [0, 0.05) is 22.0 Å². The summed E-state index contributed by atoms with van der Waals surface area (Å²) in [5.74, 6) is -1.77. The highest BCUT2D eigenvalue weighted by Crippen LogP contribution is 2.22. The van der Waals surface area contributed by atoms with Gasteiger partial charge in [0.2, 0.25) is 0 Å². The summed E-state index contributed by atoms with van der Waals surface area (Å²) in [6.07, 6.45) is 0.115. The molecule has 0 saturated heterocycles. The predicted octanol–water partition coefficient (Wildman–Crippen LogP) is 3.65. The molecule has 0 aliphatic carbocycles. The smallest absolute Gasteiger partial charge is 0.328 e. The first-order valence-electron chi connectivity index (χ1n) is 6.99. The van der Waals surface area contributed by atoms with Crippen molar-refractivity contribution in [2.24, 2.45) is 0 Å². The second kappa shape index (κ2) is 8.13. The predicted molar refractivity (Wildman–Crippen MR) is 89.8 cm³/mol.